The van der Waals surface area contributed by atoms with E-state index >= 15 is 0 Å². The van der Waals surface area contributed by atoms with Crippen molar-refractivity contribution >= 4 is 5.97 Å². The average molecular weight is 208 g/mol. The van der Waals surface area contributed by atoms with Gasteiger partial charge in [-0.25, -0.2) is 4.98 Å². The van der Waals surface area contributed by atoms with Crippen LogP contribution in [0.1, 0.15) is 43.1 Å². The Morgan fingerprint density at radius 1 is 1.60 bits per heavy atom. The fourth-order valence-corrected chi connectivity index (χ4v) is 2.36. The van der Waals surface area contributed by atoms with Crippen molar-refractivity contribution in [1.82, 2.24) is 9.55 Å². The normalized spacial score (nSPS) is 17.1. The number of imidazole rings is 1. The number of hydrogen-bond donors (Lipinski definition) is 1. The highest BCUT2D eigenvalue weighted by Gasteiger charge is 2.21. The Hall–Kier alpha value is -1.32. The van der Waals surface area contributed by atoms with Gasteiger partial charge in [0, 0.05) is 24.9 Å². The second kappa shape index (κ2) is 4.04. The first-order chi connectivity index (χ1) is 7.18. The van der Waals surface area contributed by atoms with E-state index in [-0.39, 0.29) is 6.42 Å². The lowest BCUT2D eigenvalue weighted by Crippen LogP contribution is -2.09. The van der Waals surface area contributed by atoms with E-state index in [9.17, 15) is 4.79 Å². The number of carboxylic acid groups (broad SMARTS) is 1. The summed E-state index contributed by atoms with van der Waals surface area (Å²) in [6.45, 7) is 0. The zero-order valence-electron chi connectivity index (χ0n) is 8.94. The lowest BCUT2D eigenvalue weighted by atomic mass is 10.1. The van der Waals surface area contributed by atoms with Gasteiger partial charge in [0.05, 0.1) is 0 Å². The summed E-state index contributed by atoms with van der Waals surface area (Å²) < 4.78 is 1.95. The van der Waals surface area contributed by atoms with Crippen molar-refractivity contribution in [3.63, 3.8) is 0 Å². The second-order valence-corrected chi connectivity index (χ2v) is 4.21. The topological polar surface area (TPSA) is 55.1 Å². The monoisotopic (exact) mass is 208 g/mol. The molecule has 1 aromatic heterocycles. The molecule has 0 unspecified atom stereocenters. The van der Waals surface area contributed by atoms with Gasteiger partial charge in [-0.1, -0.05) is 12.8 Å². The largest absolute Gasteiger partial charge is 0.481 e. The minimum Gasteiger partial charge on any atom is -0.481 e. The summed E-state index contributed by atoms with van der Waals surface area (Å²) in [5, 5.41) is 8.71. The third kappa shape index (κ3) is 2.03. The lowest BCUT2D eigenvalue weighted by molar-refractivity contribution is -0.136. The SMILES string of the molecule is Cn1c(C2CCCC2)cnc1CC(=O)O. The van der Waals surface area contributed by atoms with Gasteiger partial charge < -0.3 is 9.67 Å². The minimum atomic E-state index is -0.818. The molecule has 1 fully saturated rings. The summed E-state index contributed by atoms with van der Waals surface area (Å²) in [7, 11) is 1.92. The summed E-state index contributed by atoms with van der Waals surface area (Å²) in [5.74, 6) is 0.427. The third-order valence-corrected chi connectivity index (χ3v) is 3.20. The molecule has 0 bridgehead atoms. The van der Waals surface area contributed by atoms with E-state index in [4.69, 9.17) is 5.11 Å². The van der Waals surface area contributed by atoms with Crippen LogP contribution in [-0.2, 0) is 18.3 Å². The summed E-state index contributed by atoms with van der Waals surface area (Å²) in [5.41, 5.74) is 1.20. The number of aliphatic carboxylic acids is 1. The van der Waals surface area contributed by atoms with Gasteiger partial charge in [0.15, 0.2) is 0 Å². The van der Waals surface area contributed by atoms with E-state index in [2.05, 4.69) is 4.98 Å². The molecule has 0 aliphatic heterocycles. The van der Waals surface area contributed by atoms with Gasteiger partial charge in [0.25, 0.3) is 0 Å². The molecule has 4 nitrogen and oxygen atoms in total. The number of carboxylic acids is 1. The smallest absolute Gasteiger partial charge is 0.311 e. The molecule has 2 rings (SSSR count). The molecule has 1 N–H and O–H groups in total. The van der Waals surface area contributed by atoms with Crippen molar-refractivity contribution < 1.29 is 9.90 Å². The number of carbonyl (C=O) groups is 1. The first-order valence-electron chi connectivity index (χ1n) is 5.40. The predicted molar refractivity (Wildman–Crippen MR) is 55.8 cm³/mol. The first kappa shape index (κ1) is 10.2. The summed E-state index contributed by atoms with van der Waals surface area (Å²) in [6, 6.07) is 0. The molecule has 0 atom stereocenters. The lowest BCUT2D eigenvalue weighted by Gasteiger charge is -2.10. The van der Waals surface area contributed by atoms with Crippen molar-refractivity contribution in [3.8, 4) is 0 Å². The fraction of sp³-hybridized carbons (Fsp3) is 0.636. The Balaban J connectivity index is 2.18. The molecule has 0 amide bonds. The molecule has 0 spiro atoms. The highest BCUT2D eigenvalue weighted by Crippen LogP contribution is 2.33. The summed E-state index contributed by atoms with van der Waals surface area (Å²) in [6.07, 6.45) is 6.85. The van der Waals surface area contributed by atoms with Crippen LogP contribution in [0.25, 0.3) is 0 Å². The van der Waals surface area contributed by atoms with Gasteiger partial charge in [-0.15, -0.1) is 0 Å². The molecule has 1 heterocycles. The van der Waals surface area contributed by atoms with Gasteiger partial charge >= 0.3 is 5.97 Å². The molecule has 0 aromatic carbocycles. The van der Waals surface area contributed by atoms with Crippen LogP contribution in [0, 0.1) is 0 Å². The Labute approximate surface area is 88.9 Å². The van der Waals surface area contributed by atoms with Crippen LogP contribution < -0.4 is 0 Å². The Morgan fingerprint density at radius 2 is 2.27 bits per heavy atom. The predicted octanol–water partition coefficient (Wildman–Crippen LogP) is 1.70. The van der Waals surface area contributed by atoms with E-state index in [1.807, 2.05) is 17.8 Å². The molecule has 4 heteroatoms. The van der Waals surface area contributed by atoms with Crippen molar-refractivity contribution in [3.05, 3.63) is 17.7 Å². The van der Waals surface area contributed by atoms with Crippen molar-refractivity contribution in [2.75, 3.05) is 0 Å². The number of nitrogens with zero attached hydrogens (tertiary/aromatic N) is 2. The van der Waals surface area contributed by atoms with Crippen LogP contribution in [0.5, 0.6) is 0 Å². The van der Waals surface area contributed by atoms with Crippen LogP contribution in [0.3, 0.4) is 0 Å². The molecule has 1 aliphatic rings. The van der Waals surface area contributed by atoms with Gasteiger partial charge in [-0.05, 0) is 12.8 Å². The number of aromatic nitrogens is 2. The molecular formula is C11H16N2O2. The zero-order valence-corrected chi connectivity index (χ0v) is 8.94. The molecule has 0 saturated heterocycles. The van der Waals surface area contributed by atoms with E-state index in [0.29, 0.717) is 11.7 Å². The molecule has 1 aliphatic carbocycles. The van der Waals surface area contributed by atoms with E-state index in [0.717, 1.165) is 0 Å². The summed E-state index contributed by atoms with van der Waals surface area (Å²) in [4.78, 5) is 14.8. The minimum absolute atomic E-state index is 0.0171. The average Bonchev–Trinajstić information content (AvgIpc) is 2.76. The second-order valence-electron chi connectivity index (χ2n) is 4.21. The van der Waals surface area contributed by atoms with Crippen LogP contribution in [-0.4, -0.2) is 20.6 Å². The van der Waals surface area contributed by atoms with Crippen molar-refractivity contribution in [2.45, 2.75) is 38.0 Å². The maximum Gasteiger partial charge on any atom is 0.311 e. The molecule has 15 heavy (non-hydrogen) atoms. The molecule has 1 saturated carbocycles. The maximum absolute atomic E-state index is 10.6. The molecule has 1 aromatic rings. The number of hydrogen-bond acceptors (Lipinski definition) is 2. The van der Waals surface area contributed by atoms with Crippen molar-refractivity contribution in [2.24, 2.45) is 7.05 Å². The van der Waals surface area contributed by atoms with Crippen LogP contribution in [0.2, 0.25) is 0 Å². The number of rotatable bonds is 3. The van der Waals surface area contributed by atoms with E-state index in [1.165, 1.54) is 31.4 Å². The van der Waals surface area contributed by atoms with Crippen molar-refractivity contribution in [1.29, 1.82) is 0 Å². The molecule has 82 valence electrons. The zero-order chi connectivity index (χ0) is 10.8. The highest BCUT2D eigenvalue weighted by molar-refractivity contribution is 5.69. The van der Waals surface area contributed by atoms with Gasteiger partial charge in [-0.2, -0.15) is 0 Å². The third-order valence-electron chi connectivity index (χ3n) is 3.20. The highest BCUT2D eigenvalue weighted by atomic mass is 16.4. The van der Waals surface area contributed by atoms with Gasteiger partial charge in [0.1, 0.15) is 12.2 Å². The van der Waals surface area contributed by atoms with E-state index < -0.39 is 5.97 Å². The van der Waals surface area contributed by atoms with Gasteiger partial charge in [-0.3, -0.25) is 4.79 Å². The standard InChI is InChI=1S/C11H16N2O2/c1-13-9(8-4-2-3-5-8)7-12-10(13)6-11(14)15/h7-8H,2-6H2,1H3,(H,14,15). The van der Waals surface area contributed by atoms with Crippen LogP contribution in [0.4, 0.5) is 0 Å². The van der Waals surface area contributed by atoms with Gasteiger partial charge in [0.2, 0.25) is 0 Å². The first-order valence-corrected chi connectivity index (χ1v) is 5.40. The van der Waals surface area contributed by atoms with Crippen LogP contribution >= 0.6 is 0 Å². The quantitative estimate of drug-likeness (QED) is 0.822. The molecular weight excluding hydrogens is 192 g/mol. The maximum atomic E-state index is 10.6. The molecule has 0 radical (unpaired) electrons. The van der Waals surface area contributed by atoms with Crippen LogP contribution in [0.15, 0.2) is 6.20 Å². The fourth-order valence-electron chi connectivity index (χ4n) is 2.36. The Bertz CT molecular complexity index is 365. The Morgan fingerprint density at radius 3 is 2.87 bits per heavy atom. The Kier molecular flexibility index (Phi) is 2.75. The summed E-state index contributed by atoms with van der Waals surface area (Å²) >= 11 is 0. The van der Waals surface area contributed by atoms with E-state index in [1.54, 1.807) is 0 Å².